The second-order valence-corrected chi connectivity index (χ2v) is 3.74. The summed E-state index contributed by atoms with van der Waals surface area (Å²) in [5.41, 5.74) is 1.48. The van der Waals surface area contributed by atoms with Crippen LogP contribution in [0.3, 0.4) is 0 Å². The second kappa shape index (κ2) is 4.82. The molecule has 0 radical (unpaired) electrons. The highest BCUT2D eigenvalue weighted by Crippen LogP contribution is 2.16. The van der Waals surface area contributed by atoms with E-state index in [0.717, 1.165) is 11.3 Å². The van der Waals surface area contributed by atoms with Crippen LogP contribution in [0.25, 0.3) is 0 Å². The second-order valence-electron chi connectivity index (χ2n) is 3.74. The highest BCUT2D eigenvalue weighted by molar-refractivity contribution is 6.16. The number of hydrogen-bond donors (Lipinski definition) is 1. The molecular formula is C13H13NO3. The highest BCUT2D eigenvalue weighted by Gasteiger charge is 2.20. The van der Waals surface area contributed by atoms with Gasteiger partial charge < -0.3 is 4.74 Å². The van der Waals surface area contributed by atoms with Crippen LogP contribution in [0.15, 0.2) is 35.9 Å². The molecule has 0 saturated carbocycles. The monoisotopic (exact) mass is 231 g/mol. The molecule has 1 aromatic carbocycles. The Morgan fingerprint density at radius 3 is 2.41 bits per heavy atom. The standard InChI is InChI=1S/C13H13NO3/c1-2-17-11-5-3-9(4-6-11)7-10-8-12(15)14-13(10)16/h3-6,8H,2,7H2,1H3,(H,14,15,16). The first-order valence-corrected chi connectivity index (χ1v) is 5.46. The van der Waals surface area contributed by atoms with Crippen LogP contribution in [-0.2, 0) is 16.0 Å². The summed E-state index contributed by atoms with van der Waals surface area (Å²) in [6.07, 6.45) is 1.81. The molecule has 17 heavy (non-hydrogen) atoms. The van der Waals surface area contributed by atoms with Crippen molar-refractivity contribution >= 4 is 11.8 Å². The Balaban J connectivity index is 2.06. The van der Waals surface area contributed by atoms with Crippen LogP contribution in [-0.4, -0.2) is 18.4 Å². The molecule has 88 valence electrons. The summed E-state index contributed by atoms with van der Waals surface area (Å²) in [6, 6.07) is 7.49. The number of amides is 2. The van der Waals surface area contributed by atoms with Gasteiger partial charge in [0.2, 0.25) is 0 Å². The summed E-state index contributed by atoms with van der Waals surface area (Å²) < 4.78 is 5.32. The molecule has 0 unspecified atom stereocenters. The van der Waals surface area contributed by atoms with E-state index in [9.17, 15) is 9.59 Å². The van der Waals surface area contributed by atoms with Crippen molar-refractivity contribution in [2.24, 2.45) is 0 Å². The third-order valence-electron chi connectivity index (χ3n) is 2.46. The highest BCUT2D eigenvalue weighted by atomic mass is 16.5. The van der Waals surface area contributed by atoms with Crippen molar-refractivity contribution in [3.8, 4) is 5.75 Å². The zero-order chi connectivity index (χ0) is 12.3. The molecular weight excluding hydrogens is 218 g/mol. The minimum atomic E-state index is -0.337. The number of benzene rings is 1. The Bertz CT molecular complexity index is 474. The zero-order valence-electron chi connectivity index (χ0n) is 9.53. The molecule has 0 atom stereocenters. The first-order chi connectivity index (χ1) is 8.19. The first-order valence-electron chi connectivity index (χ1n) is 5.46. The van der Waals surface area contributed by atoms with Crippen LogP contribution in [0.1, 0.15) is 12.5 Å². The van der Waals surface area contributed by atoms with E-state index in [0.29, 0.717) is 18.6 Å². The van der Waals surface area contributed by atoms with Gasteiger partial charge in [-0.25, -0.2) is 0 Å². The van der Waals surface area contributed by atoms with Crippen molar-refractivity contribution in [2.75, 3.05) is 6.61 Å². The van der Waals surface area contributed by atoms with Crippen LogP contribution < -0.4 is 10.1 Å². The van der Waals surface area contributed by atoms with Crippen LogP contribution in [0.4, 0.5) is 0 Å². The molecule has 4 heteroatoms. The largest absolute Gasteiger partial charge is 0.494 e. The van der Waals surface area contributed by atoms with E-state index in [4.69, 9.17) is 4.74 Å². The van der Waals surface area contributed by atoms with Crippen LogP contribution >= 0.6 is 0 Å². The number of carbonyl (C=O) groups excluding carboxylic acids is 2. The van der Waals surface area contributed by atoms with E-state index in [1.54, 1.807) is 0 Å². The summed E-state index contributed by atoms with van der Waals surface area (Å²) in [4.78, 5) is 22.3. The predicted octanol–water partition coefficient (Wildman–Crippen LogP) is 1.21. The van der Waals surface area contributed by atoms with Gasteiger partial charge in [0.25, 0.3) is 11.8 Å². The average molecular weight is 231 g/mol. The molecule has 1 heterocycles. The summed E-state index contributed by atoms with van der Waals surface area (Å²) >= 11 is 0. The molecule has 1 N–H and O–H groups in total. The van der Waals surface area contributed by atoms with Gasteiger partial charge in [0.1, 0.15) is 5.75 Å². The Morgan fingerprint density at radius 1 is 1.18 bits per heavy atom. The quantitative estimate of drug-likeness (QED) is 0.792. The molecule has 0 saturated heterocycles. The van der Waals surface area contributed by atoms with Crippen molar-refractivity contribution < 1.29 is 14.3 Å². The van der Waals surface area contributed by atoms with E-state index in [1.807, 2.05) is 31.2 Å². The summed E-state index contributed by atoms with van der Waals surface area (Å²) in [5, 5.41) is 2.22. The average Bonchev–Trinajstić information content (AvgIpc) is 2.61. The van der Waals surface area contributed by atoms with Gasteiger partial charge in [-0.3, -0.25) is 14.9 Å². The normalized spacial score (nSPS) is 14.5. The lowest BCUT2D eigenvalue weighted by Gasteiger charge is -2.04. The van der Waals surface area contributed by atoms with Crippen LogP contribution in [0, 0.1) is 0 Å². The molecule has 0 fully saturated rings. The number of hydrogen-bond acceptors (Lipinski definition) is 3. The maximum atomic E-state index is 11.3. The maximum Gasteiger partial charge on any atom is 0.254 e. The fourth-order valence-corrected chi connectivity index (χ4v) is 1.67. The molecule has 1 aromatic rings. The van der Waals surface area contributed by atoms with Gasteiger partial charge in [-0.2, -0.15) is 0 Å². The van der Waals surface area contributed by atoms with Crippen LogP contribution in [0.2, 0.25) is 0 Å². The lowest BCUT2D eigenvalue weighted by atomic mass is 10.1. The van der Waals surface area contributed by atoms with Gasteiger partial charge in [-0.1, -0.05) is 12.1 Å². The Hall–Kier alpha value is -2.10. The third kappa shape index (κ3) is 2.72. The summed E-state index contributed by atoms with van der Waals surface area (Å²) in [6.45, 7) is 2.55. The van der Waals surface area contributed by atoms with Gasteiger partial charge in [-0.05, 0) is 24.6 Å². The minimum absolute atomic E-state index is 0.302. The Morgan fingerprint density at radius 2 is 1.88 bits per heavy atom. The van der Waals surface area contributed by atoms with E-state index < -0.39 is 0 Å². The molecule has 4 nitrogen and oxygen atoms in total. The topological polar surface area (TPSA) is 55.4 Å². The predicted molar refractivity (Wildman–Crippen MR) is 62.5 cm³/mol. The van der Waals surface area contributed by atoms with E-state index in [1.165, 1.54) is 6.08 Å². The van der Waals surface area contributed by atoms with Gasteiger partial charge in [0, 0.05) is 18.1 Å². The molecule has 0 spiro atoms. The van der Waals surface area contributed by atoms with Gasteiger partial charge in [0.05, 0.1) is 6.61 Å². The van der Waals surface area contributed by atoms with Crippen molar-refractivity contribution in [2.45, 2.75) is 13.3 Å². The van der Waals surface area contributed by atoms with E-state index >= 15 is 0 Å². The van der Waals surface area contributed by atoms with E-state index in [2.05, 4.69) is 5.32 Å². The van der Waals surface area contributed by atoms with Gasteiger partial charge in [0.15, 0.2) is 0 Å². The number of carbonyl (C=O) groups is 2. The SMILES string of the molecule is CCOc1ccc(CC2=CC(=O)NC2=O)cc1. The Labute approximate surface area is 99.3 Å². The fraction of sp³-hybridized carbons (Fsp3) is 0.231. The van der Waals surface area contributed by atoms with E-state index in [-0.39, 0.29) is 11.8 Å². The number of nitrogens with one attached hydrogen (secondary N) is 1. The molecule has 0 aromatic heterocycles. The molecule has 1 aliphatic rings. The zero-order valence-corrected chi connectivity index (χ0v) is 9.53. The smallest absolute Gasteiger partial charge is 0.254 e. The lowest BCUT2D eigenvalue weighted by Crippen LogP contribution is -2.22. The van der Waals surface area contributed by atoms with Crippen molar-refractivity contribution in [1.29, 1.82) is 0 Å². The van der Waals surface area contributed by atoms with Crippen molar-refractivity contribution in [3.63, 3.8) is 0 Å². The number of ether oxygens (including phenoxy) is 1. The van der Waals surface area contributed by atoms with Gasteiger partial charge in [-0.15, -0.1) is 0 Å². The first kappa shape index (κ1) is 11.4. The summed E-state index contributed by atoms with van der Waals surface area (Å²) in [5.74, 6) is 0.164. The number of imide groups is 1. The fourth-order valence-electron chi connectivity index (χ4n) is 1.67. The minimum Gasteiger partial charge on any atom is -0.494 e. The van der Waals surface area contributed by atoms with Crippen molar-refractivity contribution in [3.05, 3.63) is 41.5 Å². The van der Waals surface area contributed by atoms with Crippen LogP contribution in [0.5, 0.6) is 5.75 Å². The van der Waals surface area contributed by atoms with Crippen molar-refractivity contribution in [1.82, 2.24) is 5.32 Å². The third-order valence-corrected chi connectivity index (χ3v) is 2.46. The number of rotatable bonds is 4. The molecule has 1 aliphatic heterocycles. The molecule has 2 rings (SSSR count). The lowest BCUT2D eigenvalue weighted by molar-refractivity contribution is -0.123. The maximum absolute atomic E-state index is 11.3. The molecule has 0 aliphatic carbocycles. The molecule has 0 bridgehead atoms. The summed E-state index contributed by atoms with van der Waals surface area (Å²) in [7, 11) is 0. The molecule has 2 amide bonds. The Kier molecular flexibility index (Phi) is 3.23. The van der Waals surface area contributed by atoms with Gasteiger partial charge >= 0.3 is 0 Å².